The molecule has 1 aliphatic rings. The fourth-order valence-electron chi connectivity index (χ4n) is 1.87. The molecule has 0 spiro atoms. The van der Waals surface area contributed by atoms with Gasteiger partial charge in [-0.1, -0.05) is 12.1 Å². The maximum atomic E-state index is 5.71. The second kappa shape index (κ2) is 6.62. The van der Waals surface area contributed by atoms with E-state index in [0.717, 1.165) is 50.8 Å². The van der Waals surface area contributed by atoms with Crippen molar-refractivity contribution in [2.24, 2.45) is 5.92 Å². The van der Waals surface area contributed by atoms with Crippen LogP contribution in [0.3, 0.4) is 0 Å². The number of ether oxygens (including phenoxy) is 2. The average Bonchev–Trinajstić information content (AvgIpc) is 2.31. The highest BCUT2D eigenvalue weighted by Crippen LogP contribution is 2.14. The summed E-state index contributed by atoms with van der Waals surface area (Å²) >= 11 is 0. The van der Waals surface area contributed by atoms with E-state index in [-0.39, 0.29) is 0 Å². The molecule has 1 heterocycles. The van der Waals surface area contributed by atoms with Crippen LogP contribution in [0.5, 0.6) is 5.75 Å². The van der Waals surface area contributed by atoms with Crippen molar-refractivity contribution in [3.05, 3.63) is 29.8 Å². The Bertz CT molecular complexity index is 319. The largest absolute Gasteiger partial charge is 0.494 e. The van der Waals surface area contributed by atoms with Crippen LogP contribution in [0.1, 0.15) is 12.0 Å². The summed E-state index contributed by atoms with van der Waals surface area (Å²) in [6, 6.07) is 8.31. The van der Waals surface area contributed by atoms with Crippen LogP contribution in [0.15, 0.2) is 24.3 Å². The Kier molecular flexibility index (Phi) is 4.83. The molecule has 0 bridgehead atoms. The molecule has 0 saturated carbocycles. The van der Waals surface area contributed by atoms with E-state index in [1.54, 1.807) is 7.11 Å². The van der Waals surface area contributed by atoms with Crippen molar-refractivity contribution >= 4 is 0 Å². The number of rotatable bonds is 7. The summed E-state index contributed by atoms with van der Waals surface area (Å²) < 4.78 is 10.8. The summed E-state index contributed by atoms with van der Waals surface area (Å²) in [5.74, 6) is 1.79. The van der Waals surface area contributed by atoms with Gasteiger partial charge in [-0.2, -0.15) is 0 Å². The van der Waals surface area contributed by atoms with Crippen LogP contribution in [0.4, 0.5) is 0 Å². The lowest BCUT2D eigenvalue weighted by Gasteiger charge is -2.26. The summed E-state index contributed by atoms with van der Waals surface area (Å²) in [5, 5.41) is 3.27. The first-order valence-corrected chi connectivity index (χ1v) is 6.30. The standard InChI is InChI=1S/C14H21NO2/c1-16-8-6-12-2-4-14(5-3-12)17-9-7-13-10-15-11-13/h2-5,13,15H,6-11H2,1H3. The van der Waals surface area contributed by atoms with Crippen molar-refractivity contribution in [2.75, 3.05) is 33.4 Å². The molecule has 0 atom stereocenters. The van der Waals surface area contributed by atoms with Gasteiger partial charge < -0.3 is 14.8 Å². The lowest BCUT2D eigenvalue weighted by molar-refractivity contribution is 0.202. The SMILES string of the molecule is COCCc1ccc(OCCC2CNC2)cc1. The molecule has 1 aromatic rings. The summed E-state index contributed by atoms with van der Waals surface area (Å²) in [7, 11) is 1.73. The minimum absolute atomic E-state index is 0.773. The van der Waals surface area contributed by atoms with Gasteiger partial charge in [-0.15, -0.1) is 0 Å². The van der Waals surface area contributed by atoms with Gasteiger partial charge in [0.25, 0.3) is 0 Å². The number of nitrogens with one attached hydrogen (secondary N) is 1. The van der Waals surface area contributed by atoms with Gasteiger partial charge in [-0.25, -0.2) is 0 Å². The normalized spacial score (nSPS) is 15.6. The fraction of sp³-hybridized carbons (Fsp3) is 0.571. The van der Waals surface area contributed by atoms with E-state index in [0.29, 0.717) is 0 Å². The van der Waals surface area contributed by atoms with Gasteiger partial charge in [0, 0.05) is 7.11 Å². The third-order valence-electron chi connectivity index (χ3n) is 3.18. The Hall–Kier alpha value is -1.06. The molecule has 0 aromatic heterocycles. The Morgan fingerprint density at radius 1 is 1.18 bits per heavy atom. The molecule has 1 aromatic carbocycles. The maximum absolute atomic E-state index is 5.71. The molecule has 1 fully saturated rings. The molecule has 94 valence electrons. The topological polar surface area (TPSA) is 30.5 Å². The second-order valence-electron chi connectivity index (χ2n) is 4.55. The molecule has 0 unspecified atom stereocenters. The van der Waals surface area contributed by atoms with Gasteiger partial charge in [0.1, 0.15) is 5.75 Å². The number of hydrogen-bond donors (Lipinski definition) is 1. The van der Waals surface area contributed by atoms with Crippen molar-refractivity contribution in [3.8, 4) is 5.75 Å². The second-order valence-corrected chi connectivity index (χ2v) is 4.55. The highest BCUT2D eigenvalue weighted by atomic mass is 16.5. The van der Waals surface area contributed by atoms with Crippen LogP contribution in [0.2, 0.25) is 0 Å². The zero-order valence-electron chi connectivity index (χ0n) is 10.4. The molecular weight excluding hydrogens is 214 g/mol. The van der Waals surface area contributed by atoms with Crippen molar-refractivity contribution in [3.63, 3.8) is 0 Å². The number of hydrogen-bond acceptors (Lipinski definition) is 3. The molecule has 3 heteroatoms. The quantitative estimate of drug-likeness (QED) is 0.782. The van der Waals surface area contributed by atoms with Crippen LogP contribution in [0, 0.1) is 5.92 Å². The molecule has 1 saturated heterocycles. The van der Waals surface area contributed by atoms with Gasteiger partial charge in [0.2, 0.25) is 0 Å². The Morgan fingerprint density at radius 3 is 2.53 bits per heavy atom. The van der Waals surface area contributed by atoms with E-state index >= 15 is 0 Å². The third-order valence-corrected chi connectivity index (χ3v) is 3.18. The predicted octanol–water partition coefficient (Wildman–Crippen LogP) is 1.86. The fourth-order valence-corrected chi connectivity index (χ4v) is 1.87. The van der Waals surface area contributed by atoms with E-state index in [4.69, 9.17) is 9.47 Å². The van der Waals surface area contributed by atoms with Gasteiger partial charge >= 0.3 is 0 Å². The first-order chi connectivity index (χ1) is 8.38. The first-order valence-electron chi connectivity index (χ1n) is 6.30. The number of benzene rings is 1. The molecule has 0 radical (unpaired) electrons. The van der Waals surface area contributed by atoms with Crippen molar-refractivity contribution < 1.29 is 9.47 Å². The summed E-state index contributed by atoms with van der Waals surface area (Å²) in [6.45, 7) is 3.90. The average molecular weight is 235 g/mol. The van der Waals surface area contributed by atoms with Crippen LogP contribution in [-0.4, -0.2) is 33.4 Å². The van der Waals surface area contributed by atoms with Crippen LogP contribution >= 0.6 is 0 Å². The third kappa shape index (κ3) is 4.02. The Morgan fingerprint density at radius 2 is 1.94 bits per heavy atom. The Labute approximate surface area is 103 Å². The van der Waals surface area contributed by atoms with Gasteiger partial charge in [0.05, 0.1) is 13.2 Å². The van der Waals surface area contributed by atoms with Crippen LogP contribution < -0.4 is 10.1 Å². The minimum atomic E-state index is 0.773. The van der Waals surface area contributed by atoms with Gasteiger partial charge in [0.15, 0.2) is 0 Å². The predicted molar refractivity (Wildman–Crippen MR) is 68.5 cm³/mol. The smallest absolute Gasteiger partial charge is 0.119 e. The van der Waals surface area contributed by atoms with Crippen molar-refractivity contribution in [1.82, 2.24) is 5.32 Å². The lowest BCUT2D eigenvalue weighted by atomic mass is 10.0. The monoisotopic (exact) mass is 235 g/mol. The van der Waals surface area contributed by atoms with E-state index in [1.807, 2.05) is 12.1 Å². The minimum Gasteiger partial charge on any atom is -0.494 e. The van der Waals surface area contributed by atoms with E-state index in [1.165, 1.54) is 5.56 Å². The van der Waals surface area contributed by atoms with Gasteiger partial charge in [-0.3, -0.25) is 0 Å². The maximum Gasteiger partial charge on any atom is 0.119 e. The molecular formula is C14H21NO2. The molecule has 17 heavy (non-hydrogen) atoms. The highest BCUT2D eigenvalue weighted by Gasteiger charge is 2.15. The van der Waals surface area contributed by atoms with E-state index in [9.17, 15) is 0 Å². The molecule has 1 N–H and O–H groups in total. The first kappa shape index (κ1) is 12.4. The van der Waals surface area contributed by atoms with E-state index < -0.39 is 0 Å². The zero-order chi connectivity index (χ0) is 11.9. The van der Waals surface area contributed by atoms with E-state index in [2.05, 4.69) is 17.4 Å². The van der Waals surface area contributed by atoms with Crippen molar-refractivity contribution in [1.29, 1.82) is 0 Å². The van der Waals surface area contributed by atoms with Gasteiger partial charge in [-0.05, 0) is 49.5 Å². The molecule has 0 amide bonds. The summed E-state index contributed by atoms with van der Waals surface area (Å²) in [6.07, 6.45) is 2.11. The lowest BCUT2D eigenvalue weighted by Crippen LogP contribution is -2.42. The summed E-state index contributed by atoms with van der Waals surface area (Å²) in [4.78, 5) is 0. The summed E-state index contributed by atoms with van der Waals surface area (Å²) in [5.41, 5.74) is 1.29. The molecule has 1 aliphatic heterocycles. The highest BCUT2D eigenvalue weighted by molar-refractivity contribution is 5.27. The van der Waals surface area contributed by atoms with Crippen LogP contribution in [0.25, 0.3) is 0 Å². The van der Waals surface area contributed by atoms with Crippen molar-refractivity contribution in [2.45, 2.75) is 12.8 Å². The van der Waals surface area contributed by atoms with Crippen LogP contribution in [-0.2, 0) is 11.2 Å². The number of methoxy groups -OCH3 is 1. The Balaban J connectivity index is 1.69. The molecule has 0 aliphatic carbocycles. The zero-order valence-corrected chi connectivity index (χ0v) is 10.4. The molecule has 2 rings (SSSR count). The molecule has 3 nitrogen and oxygen atoms in total.